The summed E-state index contributed by atoms with van der Waals surface area (Å²) < 4.78 is 37.5. The summed E-state index contributed by atoms with van der Waals surface area (Å²) in [6, 6.07) is 3.65. The number of hydrogen-bond acceptors (Lipinski definition) is 2. The van der Waals surface area contributed by atoms with Crippen molar-refractivity contribution in [3.63, 3.8) is 0 Å². The van der Waals surface area contributed by atoms with Gasteiger partial charge in [0.25, 0.3) is 5.91 Å². The molecule has 1 amide bonds. The zero-order chi connectivity index (χ0) is 14.6. The third-order valence-corrected chi connectivity index (χ3v) is 2.79. The molecule has 1 rings (SSSR count). The van der Waals surface area contributed by atoms with Crippen LogP contribution < -0.4 is 11.1 Å². The fourth-order valence-electron chi connectivity index (χ4n) is 1.45. The highest BCUT2D eigenvalue weighted by molar-refractivity contribution is 7.80. The largest absolute Gasteiger partial charge is 0.416 e. The lowest BCUT2D eigenvalue weighted by molar-refractivity contribution is -0.137. The van der Waals surface area contributed by atoms with Gasteiger partial charge in [-0.2, -0.15) is 13.2 Å². The number of alkyl halides is 3. The predicted molar refractivity (Wildman–Crippen MR) is 69.8 cm³/mol. The monoisotopic (exact) mass is 290 g/mol. The molecule has 0 saturated carbocycles. The molecule has 0 aliphatic heterocycles. The molecule has 1 atom stereocenters. The molecule has 0 aliphatic rings. The van der Waals surface area contributed by atoms with Gasteiger partial charge in [0.2, 0.25) is 0 Å². The fraction of sp³-hybridized carbons (Fsp3) is 0.333. The van der Waals surface area contributed by atoms with Gasteiger partial charge in [-0.15, -0.1) is 0 Å². The number of halogens is 3. The molecule has 1 aromatic carbocycles. The molecule has 0 aliphatic carbocycles. The quantitative estimate of drug-likeness (QED) is 0.838. The summed E-state index contributed by atoms with van der Waals surface area (Å²) >= 11 is 4.75. The second-order valence-electron chi connectivity index (χ2n) is 3.92. The molecule has 0 spiro atoms. The average molecular weight is 290 g/mol. The molecule has 3 N–H and O–H groups in total. The molecule has 7 heteroatoms. The summed E-state index contributed by atoms with van der Waals surface area (Å²) in [5.41, 5.74) is 4.46. The van der Waals surface area contributed by atoms with E-state index in [1.807, 2.05) is 0 Å². The summed E-state index contributed by atoms with van der Waals surface area (Å²) in [4.78, 5) is 11.9. The Morgan fingerprint density at radius 1 is 1.47 bits per heavy atom. The normalized spacial score (nSPS) is 12.8. The van der Waals surface area contributed by atoms with E-state index in [0.717, 1.165) is 12.1 Å². The minimum Gasteiger partial charge on any atom is -0.392 e. The number of rotatable bonds is 4. The Morgan fingerprint density at radius 3 is 2.58 bits per heavy atom. The standard InChI is InChI=1S/C12H13F3N2OS/c1-2-9(10(16)19)17-11(18)7-4-3-5-8(6-7)12(13,14)15/h3-6,9H,2H2,1H3,(H2,16,19)(H,17,18). The topological polar surface area (TPSA) is 55.1 Å². The summed E-state index contributed by atoms with van der Waals surface area (Å²) in [7, 11) is 0. The van der Waals surface area contributed by atoms with Crippen LogP contribution in [-0.4, -0.2) is 16.9 Å². The van der Waals surface area contributed by atoms with E-state index in [1.165, 1.54) is 12.1 Å². The highest BCUT2D eigenvalue weighted by atomic mass is 32.1. The van der Waals surface area contributed by atoms with Crippen LogP contribution in [0.25, 0.3) is 0 Å². The Labute approximate surface area is 114 Å². The first-order chi connectivity index (χ1) is 8.75. The zero-order valence-electron chi connectivity index (χ0n) is 10.1. The van der Waals surface area contributed by atoms with Crippen LogP contribution in [0, 0.1) is 0 Å². The van der Waals surface area contributed by atoms with E-state index >= 15 is 0 Å². The van der Waals surface area contributed by atoms with Crippen molar-refractivity contribution in [2.24, 2.45) is 5.73 Å². The zero-order valence-corrected chi connectivity index (χ0v) is 10.9. The van der Waals surface area contributed by atoms with E-state index in [-0.39, 0.29) is 10.6 Å². The van der Waals surface area contributed by atoms with Crippen LogP contribution in [0.5, 0.6) is 0 Å². The lowest BCUT2D eigenvalue weighted by Gasteiger charge is -2.16. The van der Waals surface area contributed by atoms with Gasteiger partial charge in [0.15, 0.2) is 0 Å². The molecule has 104 valence electrons. The Morgan fingerprint density at radius 2 is 2.11 bits per heavy atom. The number of nitrogens with two attached hydrogens (primary N) is 1. The van der Waals surface area contributed by atoms with E-state index in [2.05, 4.69) is 5.32 Å². The molecule has 0 aromatic heterocycles. The predicted octanol–water partition coefficient (Wildman–Crippen LogP) is 2.50. The van der Waals surface area contributed by atoms with Gasteiger partial charge in [0.05, 0.1) is 16.6 Å². The van der Waals surface area contributed by atoms with Crippen molar-refractivity contribution in [1.82, 2.24) is 5.32 Å². The van der Waals surface area contributed by atoms with E-state index in [9.17, 15) is 18.0 Å². The highest BCUT2D eigenvalue weighted by Gasteiger charge is 2.31. The Balaban J connectivity index is 2.92. The smallest absolute Gasteiger partial charge is 0.392 e. The molecule has 0 radical (unpaired) electrons. The van der Waals surface area contributed by atoms with Crippen molar-refractivity contribution in [2.75, 3.05) is 0 Å². The van der Waals surface area contributed by atoms with Gasteiger partial charge in [-0.1, -0.05) is 25.2 Å². The third kappa shape index (κ3) is 4.20. The molecular formula is C12H13F3N2OS. The number of amides is 1. The summed E-state index contributed by atoms with van der Waals surface area (Å²) in [6.07, 6.45) is -4.01. The Kier molecular flexibility index (Phi) is 4.88. The first-order valence-corrected chi connectivity index (χ1v) is 5.94. The second-order valence-corrected chi connectivity index (χ2v) is 4.39. The van der Waals surface area contributed by atoms with Gasteiger partial charge in [0, 0.05) is 5.56 Å². The molecule has 0 fully saturated rings. The van der Waals surface area contributed by atoms with Gasteiger partial charge in [-0.3, -0.25) is 4.79 Å². The first-order valence-electron chi connectivity index (χ1n) is 5.53. The number of benzene rings is 1. The van der Waals surface area contributed by atoms with Gasteiger partial charge in [0.1, 0.15) is 0 Å². The van der Waals surface area contributed by atoms with Gasteiger partial charge in [-0.05, 0) is 24.6 Å². The van der Waals surface area contributed by atoms with Crippen LogP contribution in [0.4, 0.5) is 13.2 Å². The van der Waals surface area contributed by atoms with E-state index in [1.54, 1.807) is 6.92 Å². The van der Waals surface area contributed by atoms with Gasteiger partial charge in [-0.25, -0.2) is 0 Å². The molecule has 0 heterocycles. The lowest BCUT2D eigenvalue weighted by atomic mass is 10.1. The SMILES string of the molecule is CCC(NC(=O)c1cccc(C(F)(F)F)c1)C(N)=S. The van der Waals surface area contributed by atoms with Crippen molar-refractivity contribution in [3.8, 4) is 0 Å². The summed E-state index contributed by atoms with van der Waals surface area (Å²) in [5, 5.41) is 2.49. The molecular weight excluding hydrogens is 277 g/mol. The number of thiocarbonyl (C=S) groups is 1. The van der Waals surface area contributed by atoms with Crippen LogP contribution in [0.2, 0.25) is 0 Å². The molecule has 1 aromatic rings. The first kappa shape index (κ1) is 15.4. The maximum Gasteiger partial charge on any atom is 0.416 e. The van der Waals surface area contributed by atoms with Crippen LogP contribution in [-0.2, 0) is 6.18 Å². The van der Waals surface area contributed by atoms with Crippen molar-refractivity contribution < 1.29 is 18.0 Å². The van der Waals surface area contributed by atoms with Crippen molar-refractivity contribution in [2.45, 2.75) is 25.6 Å². The molecule has 1 unspecified atom stereocenters. The minimum atomic E-state index is -4.48. The molecule has 0 bridgehead atoms. The summed E-state index contributed by atoms with van der Waals surface area (Å²) in [5.74, 6) is -0.634. The number of carbonyl (C=O) groups is 1. The Hall–Kier alpha value is -1.63. The van der Waals surface area contributed by atoms with Crippen LogP contribution >= 0.6 is 12.2 Å². The van der Waals surface area contributed by atoms with Crippen LogP contribution in [0.3, 0.4) is 0 Å². The number of carbonyl (C=O) groups excluding carboxylic acids is 1. The lowest BCUT2D eigenvalue weighted by Crippen LogP contribution is -2.43. The van der Waals surface area contributed by atoms with Crippen molar-refractivity contribution >= 4 is 23.1 Å². The maximum absolute atomic E-state index is 12.5. The van der Waals surface area contributed by atoms with Crippen molar-refractivity contribution in [1.29, 1.82) is 0 Å². The third-order valence-electron chi connectivity index (χ3n) is 2.51. The molecule has 0 saturated heterocycles. The summed E-state index contributed by atoms with van der Waals surface area (Å²) in [6.45, 7) is 1.76. The maximum atomic E-state index is 12.5. The number of hydrogen-bond donors (Lipinski definition) is 2. The number of nitrogens with one attached hydrogen (secondary N) is 1. The molecule has 3 nitrogen and oxygen atoms in total. The Bertz CT molecular complexity index is 488. The van der Waals surface area contributed by atoms with Crippen LogP contribution in [0.15, 0.2) is 24.3 Å². The highest BCUT2D eigenvalue weighted by Crippen LogP contribution is 2.29. The second kappa shape index (κ2) is 6.01. The molecule has 19 heavy (non-hydrogen) atoms. The van der Waals surface area contributed by atoms with Crippen molar-refractivity contribution in [3.05, 3.63) is 35.4 Å². The average Bonchev–Trinajstić information content (AvgIpc) is 2.34. The minimum absolute atomic E-state index is 0.0791. The van der Waals surface area contributed by atoms with E-state index in [4.69, 9.17) is 18.0 Å². The van der Waals surface area contributed by atoms with Gasteiger partial charge < -0.3 is 11.1 Å². The fourth-order valence-corrected chi connectivity index (χ4v) is 1.68. The van der Waals surface area contributed by atoms with E-state index in [0.29, 0.717) is 6.42 Å². The van der Waals surface area contributed by atoms with Gasteiger partial charge >= 0.3 is 6.18 Å². The van der Waals surface area contributed by atoms with Crippen LogP contribution in [0.1, 0.15) is 29.3 Å². The van der Waals surface area contributed by atoms with E-state index < -0.39 is 23.7 Å².